The Hall–Kier alpha value is -4.96. The normalized spacial score (nSPS) is 17.9. The van der Waals surface area contributed by atoms with Gasteiger partial charge in [0.05, 0.1) is 18.6 Å². The Morgan fingerprint density at radius 3 is 2.38 bits per heavy atom. The monoisotopic (exact) mass is 692 g/mol. The Balaban J connectivity index is 1.46. The predicted molar refractivity (Wildman–Crippen MR) is 180 cm³/mol. The number of H-pyrrole nitrogens is 1. The zero-order valence-electron chi connectivity index (χ0n) is 26.6. The lowest BCUT2D eigenvalue weighted by molar-refractivity contribution is -0.136. The minimum atomic E-state index is -0.748. The van der Waals surface area contributed by atoms with Crippen LogP contribution in [0.15, 0.2) is 56.9 Å². The molecular weight excluding hydrogens is 657 g/mol. The van der Waals surface area contributed by atoms with Crippen molar-refractivity contribution in [3.05, 3.63) is 101 Å². The van der Waals surface area contributed by atoms with E-state index in [0.29, 0.717) is 22.9 Å². The fourth-order valence-electron chi connectivity index (χ4n) is 5.11. The third-order valence-electron chi connectivity index (χ3n) is 7.72. The van der Waals surface area contributed by atoms with Crippen LogP contribution in [0.3, 0.4) is 0 Å². The maximum Gasteiger partial charge on any atom is 0.328 e. The third kappa shape index (κ3) is 8.49. The van der Waals surface area contributed by atoms with Gasteiger partial charge in [-0.15, -0.1) is 22.7 Å². The average Bonchev–Trinajstić information content (AvgIpc) is 3.74. The quantitative estimate of drug-likeness (QED) is 0.244. The zero-order chi connectivity index (χ0) is 34.4. The zero-order valence-corrected chi connectivity index (χ0v) is 28.3. The first-order valence-corrected chi connectivity index (χ1v) is 17.2. The summed E-state index contributed by atoms with van der Waals surface area (Å²) in [7, 11) is 0. The predicted octanol–water partition coefficient (Wildman–Crippen LogP) is 1.95. The largest absolute Gasteiger partial charge is 0.351 e. The topological polar surface area (TPSA) is 188 Å². The van der Waals surface area contributed by atoms with Crippen molar-refractivity contribution in [1.82, 2.24) is 40.4 Å². The lowest BCUT2D eigenvalue weighted by atomic mass is 10.0. The van der Waals surface area contributed by atoms with Crippen LogP contribution < -0.4 is 27.2 Å². The molecule has 0 unspecified atom stereocenters. The molecule has 14 nitrogen and oxygen atoms in total. The van der Waals surface area contributed by atoms with Crippen LogP contribution in [0, 0.1) is 12.8 Å². The van der Waals surface area contributed by atoms with E-state index in [1.807, 2.05) is 44.2 Å². The molecule has 252 valence electrons. The van der Waals surface area contributed by atoms with Crippen molar-refractivity contribution in [3.8, 4) is 0 Å². The number of hydrogen-bond donors (Lipinski definition) is 4. The van der Waals surface area contributed by atoms with Crippen LogP contribution in [0.4, 0.5) is 0 Å². The standard InChI is InChI=1S/C32H36N8O6S2/c1-18(2)26-31-36-22(16-48-31)28(44)33-10-7-11-39(25(42)15-40-13-19(3)27(43)38-32(40)46)14-24(41)34-21(12-20-8-5-4-6-9-20)30-35-23(17-47-30)29(45)37-26/h4-6,8-9,13,16-18,21,26H,7,10-12,14-15H2,1-3H3,(H,33,44)(H,34,41)(H,37,45)(H,38,43,46)/t21-,26-/m0/s1. The summed E-state index contributed by atoms with van der Waals surface area (Å²) in [5.41, 5.74) is 0.264. The van der Waals surface area contributed by atoms with E-state index in [1.54, 1.807) is 10.8 Å². The van der Waals surface area contributed by atoms with Crippen molar-refractivity contribution >= 4 is 46.3 Å². The summed E-state index contributed by atoms with van der Waals surface area (Å²) in [5.74, 6) is -1.87. The van der Waals surface area contributed by atoms with Gasteiger partial charge in [-0.05, 0) is 31.2 Å². The number of rotatable bonds is 5. The number of aryl methyl sites for hydroxylation is 1. The van der Waals surface area contributed by atoms with Gasteiger partial charge in [-0.25, -0.2) is 14.8 Å². The van der Waals surface area contributed by atoms with Gasteiger partial charge in [0.2, 0.25) is 11.8 Å². The summed E-state index contributed by atoms with van der Waals surface area (Å²) in [5, 5.41) is 13.1. The third-order valence-corrected chi connectivity index (χ3v) is 9.60. The molecule has 1 aliphatic heterocycles. The van der Waals surface area contributed by atoms with Crippen LogP contribution in [-0.4, -0.2) is 67.7 Å². The molecule has 48 heavy (non-hydrogen) atoms. The molecule has 4 aromatic rings. The first-order valence-electron chi connectivity index (χ1n) is 15.4. The number of amides is 4. The fourth-order valence-corrected chi connectivity index (χ4v) is 6.99. The van der Waals surface area contributed by atoms with E-state index in [9.17, 15) is 28.8 Å². The summed E-state index contributed by atoms with van der Waals surface area (Å²) < 4.78 is 1.08. The van der Waals surface area contributed by atoms with Crippen molar-refractivity contribution in [2.75, 3.05) is 19.6 Å². The van der Waals surface area contributed by atoms with Gasteiger partial charge in [-0.1, -0.05) is 44.2 Å². The van der Waals surface area contributed by atoms with Crippen molar-refractivity contribution in [2.45, 2.75) is 52.2 Å². The van der Waals surface area contributed by atoms with E-state index in [1.165, 1.54) is 40.7 Å². The number of carbonyl (C=O) groups is 4. The van der Waals surface area contributed by atoms with Crippen LogP contribution in [0.1, 0.15) is 74.5 Å². The first-order chi connectivity index (χ1) is 23.0. The van der Waals surface area contributed by atoms with Gasteiger partial charge in [0, 0.05) is 35.6 Å². The number of aromatic amines is 1. The van der Waals surface area contributed by atoms with E-state index < -0.39 is 53.5 Å². The van der Waals surface area contributed by atoms with E-state index in [4.69, 9.17) is 0 Å². The average molecular weight is 693 g/mol. The molecule has 5 rings (SSSR count). The molecule has 4 bridgehead atoms. The number of thiazole rings is 2. The molecule has 2 atom stereocenters. The molecule has 0 spiro atoms. The molecule has 0 aliphatic carbocycles. The highest BCUT2D eigenvalue weighted by atomic mass is 32.1. The maximum atomic E-state index is 13.6. The minimum Gasteiger partial charge on any atom is -0.351 e. The first kappa shape index (κ1) is 34.4. The summed E-state index contributed by atoms with van der Waals surface area (Å²) in [6.07, 6.45) is 1.97. The van der Waals surface area contributed by atoms with Crippen molar-refractivity contribution in [2.24, 2.45) is 5.92 Å². The Morgan fingerprint density at radius 1 is 0.958 bits per heavy atom. The molecule has 0 saturated heterocycles. The Bertz CT molecular complexity index is 1910. The lowest BCUT2D eigenvalue weighted by Gasteiger charge is -2.24. The van der Waals surface area contributed by atoms with Gasteiger partial charge >= 0.3 is 5.69 Å². The van der Waals surface area contributed by atoms with Gasteiger partial charge in [-0.2, -0.15) is 0 Å². The molecule has 0 saturated carbocycles. The molecule has 3 aromatic heterocycles. The van der Waals surface area contributed by atoms with Gasteiger partial charge in [0.1, 0.15) is 27.9 Å². The highest BCUT2D eigenvalue weighted by Crippen LogP contribution is 2.27. The summed E-state index contributed by atoms with van der Waals surface area (Å²) in [6.45, 7) is 4.92. The van der Waals surface area contributed by atoms with Gasteiger partial charge in [-0.3, -0.25) is 33.5 Å². The van der Waals surface area contributed by atoms with Crippen LogP contribution in [-0.2, 0) is 22.6 Å². The second-order valence-corrected chi connectivity index (χ2v) is 13.6. The number of benzene rings is 1. The SMILES string of the molecule is Cc1cn(CC(=O)N2CCCNC(=O)c3csc(n3)[C@H](C(C)C)NC(=O)c3csc(n3)[C@H](Cc3ccccc3)NC(=O)C2)c(=O)[nH]c1=O. The molecule has 0 fully saturated rings. The number of hydrogen-bond acceptors (Lipinski definition) is 10. The number of carbonyl (C=O) groups excluding carboxylic acids is 4. The minimum absolute atomic E-state index is 0.0345. The molecule has 0 radical (unpaired) electrons. The second-order valence-electron chi connectivity index (χ2n) is 11.8. The molecule has 4 N–H and O–H groups in total. The van der Waals surface area contributed by atoms with Crippen molar-refractivity contribution in [3.63, 3.8) is 0 Å². The molecule has 1 aromatic carbocycles. The Kier molecular flexibility index (Phi) is 11.0. The van der Waals surface area contributed by atoms with Gasteiger partial charge in [0.15, 0.2) is 0 Å². The molecule has 4 heterocycles. The second kappa shape index (κ2) is 15.3. The fraction of sp³-hybridized carbons (Fsp3) is 0.375. The Morgan fingerprint density at radius 2 is 1.65 bits per heavy atom. The molecule has 16 heteroatoms. The highest BCUT2D eigenvalue weighted by Gasteiger charge is 2.27. The highest BCUT2D eigenvalue weighted by molar-refractivity contribution is 7.10. The summed E-state index contributed by atoms with van der Waals surface area (Å²) >= 11 is 2.51. The summed E-state index contributed by atoms with van der Waals surface area (Å²) in [6, 6.07) is 8.43. The van der Waals surface area contributed by atoms with Gasteiger partial charge < -0.3 is 20.9 Å². The van der Waals surface area contributed by atoms with Gasteiger partial charge in [0.25, 0.3) is 17.4 Å². The van der Waals surface area contributed by atoms with Crippen LogP contribution in [0.2, 0.25) is 0 Å². The van der Waals surface area contributed by atoms with Crippen molar-refractivity contribution in [1.29, 1.82) is 0 Å². The number of nitrogens with one attached hydrogen (secondary N) is 4. The molecule has 4 amide bonds. The number of aromatic nitrogens is 4. The molecular formula is C32H36N8O6S2. The van der Waals surface area contributed by atoms with Crippen molar-refractivity contribution < 1.29 is 19.2 Å². The van der Waals surface area contributed by atoms with Crippen LogP contribution >= 0.6 is 22.7 Å². The summed E-state index contributed by atoms with van der Waals surface area (Å²) in [4.78, 5) is 90.2. The lowest BCUT2D eigenvalue weighted by Crippen LogP contribution is -2.45. The number of nitrogens with zero attached hydrogens (tertiary/aromatic N) is 4. The maximum absolute atomic E-state index is 13.6. The van der Waals surface area contributed by atoms with E-state index in [0.717, 1.165) is 10.1 Å². The van der Waals surface area contributed by atoms with Crippen LogP contribution in [0.25, 0.3) is 0 Å². The Labute approximate surface area is 283 Å². The number of fused-ring (bicyclic) bond motifs is 4. The van der Waals surface area contributed by atoms with E-state index in [2.05, 4.69) is 30.9 Å². The van der Waals surface area contributed by atoms with E-state index in [-0.39, 0.29) is 42.5 Å². The van der Waals surface area contributed by atoms with E-state index >= 15 is 0 Å². The smallest absolute Gasteiger partial charge is 0.328 e. The molecule has 1 aliphatic rings. The van der Waals surface area contributed by atoms with Crippen LogP contribution in [0.5, 0.6) is 0 Å².